The Balaban J connectivity index is 1.57. The number of piperidine rings is 1. The van der Waals surface area contributed by atoms with E-state index in [-0.39, 0.29) is 11.9 Å². The van der Waals surface area contributed by atoms with Crippen LogP contribution in [0.2, 0.25) is 0 Å². The van der Waals surface area contributed by atoms with Crippen molar-refractivity contribution in [1.29, 1.82) is 0 Å². The van der Waals surface area contributed by atoms with Crippen LogP contribution in [0.25, 0.3) is 0 Å². The Bertz CT molecular complexity index is 965. The maximum Gasteiger partial charge on any atom is 0.315 e. The Labute approximate surface area is 183 Å². The van der Waals surface area contributed by atoms with Crippen molar-refractivity contribution >= 4 is 23.4 Å². The minimum Gasteiger partial charge on any atom is -0.488 e. The first-order chi connectivity index (χ1) is 14.9. The van der Waals surface area contributed by atoms with Gasteiger partial charge in [0.05, 0.1) is 24.6 Å². The van der Waals surface area contributed by atoms with E-state index < -0.39 is 5.41 Å². The van der Waals surface area contributed by atoms with E-state index in [0.717, 1.165) is 37.2 Å². The van der Waals surface area contributed by atoms with E-state index in [1.165, 1.54) is 13.5 Å². The zero-order valence-corrected chi connectivity index (χ0v) is 18.4. The number of nitrogens with zero attached hydrogens (tertiary/aromatic N) is 3. The normalized spacial score (nSPS) is 16.4. The van der Waals surface area contributed by atoms with Crippen LogP contribution in [0.4, 0.5) is 11.5 Å². The molecular formula is C24H29N3O4. The first-order valence-corrected chi connectivity index (χ1v) is 10.8. The third kappa shape index (κ3) is 4.09. The van der Waals surface area contributed by atoms with Crippen LogP contribution in [-0.4, -0.2) is 55.1 Å². The number of aromatic nitrogens is 1. The number of rotatable bonds is 4. The fourth-order valence-corrected chi connectivity index (χ4v) is 4.18. The van der Waals surface area contributed by atoms with Crippen LogP contribution >= 0.6 is 0 Å². The largest absolute Gasteiger partial charge is 0.488 e. The lowest BCUT2D eigenvalue weighted by atomic mass is 9.84. The molecular weight excluding hydrogens is 394 g/mol. The molecule has 0 aliphatic carbocycles. The SMILES string of the molecule is COC(=O)C(C)(C)c1ccc(N2CCOc3cc(C(=O)N4CCCCC4)cnc32)cc1. The summed E-state index contributed by atoms with van der Waals surface area (Å²) in [5, 5.41) is 0. The standard InChI is InChI=1S/C24H29N3O4/c1-24(2,23(29)30-3)18-7-9-19(10-8-18)27-13-14-31-20-15-17(16-25-21(20)27)22(28)26-11-5-4-6-12-26/h7-10,15-16H,4-6,11-14H2,1-3H3. The van der Waals surface area contributed by atoms with Crippen molar-refractivity contribution in [2.24, 2.45) is 0 Å². The van der Waals surface area contributed by atoms with Crippen LogP contribution < -0.4 is 9.64 Å². The molecule has 1 aromatic carbocycles. The number of amides is 1. The Morgan fingerprint density at radius 2 is 1.77 bits per heavy atom. The summed E-state index contributed by atoms with van der Waals surface area (Å²) >= 11 is 0. The average molecular weight is 424 g/mol. The fraction of sp³-hybridized carbons (Fsp3) is 0.458. The number of hydrogen-bond acceptors (Lipinski definition) is 6. The topological polar surface area (TPSA) is 72.0 Å². The van der Waals surface area contributed by atoms with Crippen LogP contribution in [0.15, 0.2) is 36.5 Å². The van der Waals surface area contributed by atoms with Gasteiger partial charge in [-0.2, -0.15) is 0 Å². The second kappa shape index (κ2) is 8.57. The molecule has 164 valence electrons. The van der Waals surface area contributed by atoms with Crippen molar-refractivity contribution in [2.45, 2.75) is 38.5 Å². The Hall–Kier alpha value is -3.09. The van der Waals surface area contributed by atoms with Crippen LogP contribution in [0.3, 0.4) is 0 Å². The summed E-state index contributed by atoms with van der Waals surface area (Å²) in [7, 11) is 1.40. The lowest BCUT2D eigenvalue weighted by Gasteiger charge is -2.31. The third-order valence-corrected chi connectivity index (χ3v) is 6.15. The van der Waals surface area contributed by atoms with Gasteiger partial charge in [0.2, 0.25) is 0 Å². The van der Waals surface area contributed by atoms with Gasteiger partial charge < -0.3 is 19.3 Å². The summed E-state index contributed by atoms with van der Waals surface area (Å²) in [5.41, 5.74) is 1.68. The van der Waals surface area contributed by atoms with Gasteiger partial charge in [-0.3, -0.25) is 9.59 Å². The molecule has 7 nitrogen and oxygen atoms in total. The molecule has 0 spiro atoms. The molecule has 31 heavy (non-hydrogen) atoms. The van der Waals surface area contributed by atoms with E-state index in [0.29, 0.717) is 30.3 Å². The highest BCUT2D eigenvalue weighted by atomic mass is 16.5. The van der Waals surface area contributed by atoms with Crippen molar-refractivity contribution < 1.29 is 19.1 Å². The maximum atomic E-state index is 12.8. The van der Waals surface area contributed by atoms with Gasteiger partial charge in [-0.15, -0.1) is 0 Å². The molecule has 1 fully saturated rings. The summed E-state index contributed by atoms with van der Waals surface area (Å²) in [4.78, 5) is 33.5. The maximum absolute atomic E-state index is 12.8. The molecule has 0 bridgehead atoms. The summed E-state index contributed by atoms with van der Waals surface area (Å²) < 4.78 is 10.8. The first-order valence-electron chi connectivity index (χ1n) is 10.8. The predicted octanol–water partition coefficient (Wildman–Crippen LogP) is 3.69. The number of esters is 1. The molecule has 0 radical (unpaired) electrons. The highest BCUT2D eigenvalue weighted by molar-refractivity contribution is 5.95. The zero-order chi connectivity index (χ0) is 22.0. The van der Waals surface area contributed by atoms with Gasteiger partial charge in [-0.05, 0) is 56.9 Å². The summed E-state index contributed by atoms with van der Waals surface area (Å²) in [6.45, 7) is 6.46. The van der Waals surface area contributed by atoms with Gasteiger partial charge in [0, 0.05) is 25.0 Å². The Morgan fingerprint density at radius 1 is 1.06 bits per heavy atom. The molecule has 0 saturated carbocycles. The van der Waals surface area contributed by atoms with E-state index in [9.17, 15) is 9.59 Å². The van der Waals surface area contributed by atoms with Crippen molar-refractivity contribution in [1.82, 2.24) is 9.88 Å². The number of ether oxygens (including phenoxy) is 2. The second-order valence-electron chi connectivity index (χ2n) is 8.56. The highest BCUT2D eigenvalue weighted by Gasteiger charge is 2.31. The number of fused-ring (bicyclic) bond motifs is 1. The van der Waals surface area contributed by atoms with E-state index in [4.69, 9.17) is 9.47 Å². The molecule has 1 saturated heterocycles. The van der Waals surface area contributed by atoms with Gasteiger partial charge in [0.15, 0.2) is 11.6 Å². The number of benzene rings is 1. The molecule has 3 heterocycles. The molecule has 2 aromatic rings. The smallest absolute Gasteiger partial charge is 0.315 e. The number of anilines is 2. The first kappa shape index (κ1) is 21.2. The number of likely N-dealkylation sites (tertiary alicyclic amines) is 1. The lowest BCUT2D eigenvalue weighted by molar-refractivity contribution is -0.146. The molecule has 4 rings (SSSR count). The van der Waals surface area contributed by atoms with Gasteiger partial charge >= 0.3 is 5.97 Å². The fourth-order valence-electron chi connectivity index (χ4n) is 4.18. The van der Waals surface area contributed by atoms with Gasteiger partial charge in [-0.25, -0.2) is 4.98 Å². The zero-order valence-electron chi connectivity index (χ0n) is 18.4. The van der Waals surface area contributed by atoms with E-state index in [1.54, 1.807) is 12.3 Å². The molecule has 1 aromatic heterocycles. The van der Waals surface area contributed by atoms with Crippen LogP contribution in [0.1, 0.15) is 49.0 Å². The number of hydrogen-bond donors (Lipinski definition) is 0. The summed E-state index contributed by atoms with van der Waals surface area (Å²) in [5.74, 6) is 1.06. The molecule has 7 heteroatoms. The number of carbonyl (C=O) groups is 2. The quantitative estimate of drug-likeness (QED) is 0.699. The molecule has 2 aliphatic heterocycles. The second-order valence-corrected chi connectivity index (χ2v) is 8.56. The van der Waals surface area contributed by atoms with Crippen molar-refractivity contribution in [3.63, 3.8) is 0 Å². The Morgan fingerprint density at radius 3 is 2.45 bits per heavy atom. The average Bonchev–Trinajstić information content (AvgIpc) is 2.82. The van der Waals surface area contributed by atoms with Gasteiger partial charge in [0.1, 0.15) is 6.61 Å². The number of carbonyl (C=O) groups excluding carboxylic acids is 2. The summed E-state index contributed by atoms with van der Waals surface area (Å²) in [6.07, 6.45) is 4.93. The summed E-state index contributed by atoms with van der Waals surface area (Å²) in [6, 6.07) is 9.64. The van der Waals surface area contributed by atoms with Crippen molar-refractivity contribution in [3.8, 4) is 5.75 Å². The molecule has 2 aliphatic rings. The van der Waals surface area contributed by atoms with Crippen LogP contribution in [0.5, 0.6) is 5.75 Å². The van der Waals surface area contributed by atoms with Crippen LogP contribution in [0, 0.1) is 0 Å². The molecule has 0 unspecified atom stereocenters. The molecule has 0 N–H and O–H groups in total. The lowest BCUT2D eigenvalue weighted by Crippen LogP contribution is -2.36. The molecule has 0 atom stereocenters. The third-order valence-electron chi connectivity index (χ3n) is 6.15. The van der Waals surface area contributed by atoms with Crippen molar-refractivity contribution in [2.75, 3.05) is 38.3 Å². The van der Waals surface area contributed by atoms with Crippen molar-refractivity contribution in [3.05, 3.63) is 47.7 Å². The van der Waals surface area contributed by atoms with Gasteiger partial charge in [-0.1, -0.05) is 12.1 Å². The van der Waals surface area contributed by atoms with E-state index >= 15 is 0 Å². The Kier molecular flexibility index (Phi) is 5.85. The van der Waals surface area contributed by atoms with Gasteiger partial charge in [0.25, 0.3) is 5.91 Å². The minimum atomic E-state index is -0.724. The van der Waals surface area contributed by atoms with E-state index in [2.05, 4.69) is 9.88 Å². The van der Waals surface area contributed by atoms with Crippen LogP contribution in [-0.2, 0) is 14.9 Å². The van der Waals surface area contributed by atoms with E-state index in [1.807, 2.05) is 43.0 Å². The number of methoxy groups -OCH3 is 1. The predicted molar refractivity (Wildman–Crippen MR) is 118 cm³/mol. The molecule has 1 amide bonds. The monoisotopic (exact) mass is 423 g/mol. The highest BCUT2D eigenvalue weighted by Crippen LogP contribution is 2.36. The minimum absolute atomic E-state index is 0.0186. The number of pyridine rings is 1.